The molecule has 3 fully saturated rings. The Hall–Kier alpha value is -2.96. The van der Waals surface area contributed by atoms with Gasteiger partial charge in [-0.3, -0.25) is 9.59 Å². The van der Waals surface area contributed by atoms with Crippen LogP contribution in [0.25, 0.3) is 0 Å². The minimum absolute atomic E-state index is 0.0841. The zero-order valence-electron chi connectivity index (χ0n) is 21.2. The molecule has 0 radical (unpaired) electrons. The highest BCUT2D eigenvalue weighted by Gasteiger charge is 2.47. The largest absolute Gasteiger partial charge is 0.494 e. The van der Waals surface area contributed by atoms with Crippen molar-refractivity contribution in [3.05, 3.63) is 29.6 Å². The summed E-state index contributed by atoms with van der Waals surface area (Å²) in [5, 5.41) is 10.9. The van der Waals surface area contributed by atoms with Crippen LogP contribution in [-0.4, -0.2) is 85.8 Å². The van der Waals surface area contributed by atoms with Crippen LogP contribution in [0.5, 0.6) is 5.75 Å². The van der Waals surface area contributed by atoms with Gasteiger partial charge in [-0.2, -0.15) is 35.5 Å². The third-order valence-corrected chi connectivity index (χ3v) is 9.31. The molecule has 3 heterocycles. The van der Waals surface area contributed by atoms with Crippen LogP contribution in [0.4, 0.5) is 17.6 Å². The van der Waals surface area contributed by atoms with Crippen molar-refractivity contribution in [2.24, 2.45) is 11.8 Å². The minimum atomic E-state index is -4.94. The van der Waals surface area contributed by atoms with Crippen LogP contribution >= 0.6 is 0 Å². The zero-order valence-corrected chi connectivity index (χ0v) is 22.0. The lowest BCUT2D eigenvalue weighted by Gasteiger charge is -2.41. The van der Waals surface area contributed by atoms with Crippen LogP contribution in [0.1, 0.15) is 37.3 Å². The molecular formula is C24H29F4N5O5S. The number of alkyl halides is 3. The van der Waals surface area contributed by atoms with E-state index in [-0.39, 0.29) is 50.8 Å². The summed E-state index contributed by atoms with van der Waals surface area (Å²) in [7, 11) is -2.69. The predicted molar refractivity (Wildman–Crippen MR) is 129 cm³/mol. The smallest absolute Gasteiger partial charge is 0.412 e. The average molecular weight is 576 g/mol. The number of ether oxygens (including phenoxy) is 1. The Bertz CT molecular complexity index is 1250. The number of methoxy groups -OCH3 is 1. The lowest BCUT2D eigenvalue weighted by Crippen LogP contribution is -2.57. The number of piperidine rings is 1. The number of hydrogen-bond acceptors (Lipinski definition) is 6. The van der Waals surface area contributed by atoms with E-state index < -0.39 is 57.6 Å². The van der Waals surface area contributed by atoms with E-state index in [2.05, 4.69) is 0 Å². The fraction of sp³-hybridized carbons (Fsp3) is 0.625. The number of carbonyl (C=O) groups excluding carboxylic acids is 2. The number of benzene rings is 1. The monoisotopic (exact) mass is 575 g/mol. The lowest BCUT2D eigenvalue weighted by atomic mass is 9.97. The Labute approximate surface area is 223 Å². The van der Waals surface area contributed by atoms with Crippen LogP contribution in [0, 0.1) is 29.0 Å². The normalized spacial score (nSPS) is 24.1. The topological polar surface area (TPSA) is 123 Å². The van der Waals surface area contributed by atoms with E-state index in [1.165, 1.54) is 20.6 Å². The van der Waals surface area contributed by atoms with E-state index >= 15 is 0 Å². The van der Waals surface area contributed by atoms with E-state index in [1.54, 1.807) is 0 Å². The van der Waals surface area contributed by atoms with Crippen LogP contribution < -0.4 is 10.1 Å². The third-order valence-electron chi connectivity index (χ3n) is 7.38. The molecule has 2 amide bonds. The number of halogens is 4. The molecule has 15 heteroatoms. The molecule has 0 aromatic heterocycles. The van der Waals surface area contributed by atoms with Crippen LogP contribution in [0.3, 0.4) is 0 Å². The molecule has 0 unspecified atom stereocenters. The van der Waals surface area contributed by atoms with Gasteiger partial charge in [-0.05, 0) is 43.4 Å². The number of carbonyl (C=O) groups is 2. The number of likely N-dealkylation sites (tertiary alicyclic amines) is 1. The summed E-state index contributed by atoms with van der Waals surface area (Å²) in [6.45, 7) is 0.400. The van der Waals surface area contributed by atoms with Gasteiger partial charge >= 0.3 is 6.18 Å². The van der Waals surface area contributed by atoms with E-state index in [9.17, 15) is 35.6 Å². The van der Waals surface area contributed by atoms with Gasteiger partial charge in [-0.15, -0.1) is 0 Å². The maximum atomic E-state index is 14.1. The van der Waals surface area contributed by atoms with E-state index in [0.29, 0.717) is 25.3 Å². The van der Waals surface area contributed by atoms with E-state index in [1.807, 2.05) is 11.4 Å². The van der Waals surface area contributed by atoms with Crippen molar-refractivity contribution in [1.29, 1.82) is 5.26 Å². The summed E-state index contributed by atoms with van der Waals surface area (Å²) in [6.07, 6.45) is -3.65. The Morgan fingerprint density at radius 3 is 2.44 bits per heavy atom. The highest BCUT2D eigenvalue weighted by molar-refractivity contribution is 7.86. The molecule has 4 rings (SSSR count). The fourth-order valence-electron chi connectivity index (χ4n) is 5.22. The Balaban J connectivity index is 1.45. The molecule has 0 saturated carbocycles. The molecule has 1 aromatic rings. The van der Waals surface area contributed by atoms with Crippen LogP contribution in [0.2, 0.25) is 0 Å². The van der Waals surface area contributed by atoms with E-state index in [0.717, 1.165) is 12.1 Å². The van der Waals surface area contributed by atoms with Gasteiger partial charge in [0.1, 0.15) is 6.04 Å². The maximum absolute atomic E-state index is 14.1. The van der Waals surface area contributed by atoms with Crippen molar-refractivity contribution < 1.29 is 40.3 Å². The maximum Gasteiger partial charge on any atom is 0.412 e. The summed E-state index contributed by atoms with van der Waals surface area (Å²) in [5.74, 6) is -3.92. The van der Waals surface area contributed by atoms with Gasteiger partial charge in [-0.25, -0.2) is 4.39 Å². The first-order valence-corrected chi connectivity index (χ1v) is 13.9. The molecule has 214 valence electrons. The standard InChI is InChI=1S/C24H29F4N5O5S/c1-38-20-7-6-16(10-18(20)25)21(24(26,27)28)30-22(34)19-5-3-9-33(19)23(35)17-4-2-8-31(14-17)39(36,37)32-12-15(11-29)13-32/h6-7,10,15,17,19,21H,2-5,8-9,12-14H2,1H3,(H,30,34)/t17-,19+,21-/m0/s1. The van der Waals surface area contributed by atoms with Gasteiger partial charge in [0.2, 0.25) is 11.8 Å². The summed E-state index contributed by atoms with van der Waals surface area (Å²) in [4.78, 5) is 27.6. The third kappa shape index (κ3) is 5.97. The van der Waals surface area contributed by atoms with Crippen molar-refractivity contribution >= 4 is 22.0 Å². The highest BCUT2D eigenvalue weighted by Crippen LogP contribution is 2.35. The fourth-order valence-corrected chi connectivity index (χ4v) is 7.01. The number of rotatable bonds is 7. The quantitative estimate of drug-likeness (QED) is 0.496. The van der Waals surface area contributed by atoms with Gasteiger partial charge in [0.05, 0.1) is 25.0 Å². The first-order chi connectivity index (χ1) is 18.4. The van der Waals surface area contributed by atoms with Gasteiger partial charge in [-0.1, -0.05) is 6.07 Å². The molecule has 39 heavy (non-hydrogen) atoms. The van der Waals surface area contributed by atoms with Crippen molar-refractivity contribution in [2.75, 3.05) is 39.8 Å². The number of nitrogens with zero attached hydrogens (tertiary/aromatic N) is 4. The molecule has 0 aliphatic carbocycles. The number of nitrogens with one attached hydrogen (secondary N) is 1. The molecule has 1 aromatic carbocycles. The van der Waals surface area contributed by atoms with Crippen LogP contribution in [0.15, 0.2) is 18.2 Å². The van der Waals surface area contributed by atoms with Crippen molar-refractivity contribution in [3.8, 4) is 11.8 Å². The summed E-state index contributed by atoms with van der Waals surface area (Å²) in [6, 6.07) is 1.00. The van der Waals surface area contributed by atoms with Crippen molar-refractivity contribution in [1.82, 2.24) is 18.8 Å². The molecule has 3 aliphatic rings. The second-order valence-corrected chi connectivity index (χ2v) is 11.8. The Kier molecular flexibility index (Phi) is 8.38. The lowest BCUT2D eigenvalue weighted by molar-refractivity contribution is -0.165. The van der Waals surface area contributed by atoms with Gasteiger partial charge in [0.25, 0.3) is 10.2 Å². The molecule has 0 bridgehead atoms. The average Bonchev–Trinajstić information content (AvgIpc) is 3.35. The first kappa shape index (κ1) is 29.0. The number of hydrogen-bond donors (Lipinski definition) is 1. The van der Waals surface area contributed by atoms with Gasteiger partial charge in [0, 0.05) is 32.7 Å². The molecule has 3 aliphatic heterocycles. The molecule has 10 nitrogen and oxygen atoms in total. The van der Waals surface area contributed by atoms with E-state index in [4.69, 9.17) is 10.00 Å². The highest BCUT2D eigenvalue weighted by atomic mass is 32.2. The second-order valence-electron chi connectivity index (χ2n) is 9.91. The second kappa shape index (κ2) is 11.3. The molecule has 0 spiro atoms. The summed E-state index contributed by atoms with van der Waals surface area (Å²) < 4.78 is 88.7. The molecule has 1 N–H and O–H groups in total. The molecular weight excluding hydrogens is 546 g/mol. The molecule has 3 atom stereocenters. The Morgan fingerprint density at radius 2 is 1.82 bits per heavy atom. The summed E-state index contributed by atoms with van der Waals surface area (Å²) >= 11 is 0. The zero-order chi connectivity index (χ0) is 28.5. The van der Waals surface area contributed by atoms with Crippen LogP contribution in [-0.2, 0) is 19.8 Å². The number of nitriles is 1. The van der Waals surface area contributed by atoms with Gasteiger partial charge < -0.3 is 15.0 Å². The minimum Gasteiger partial charge on any atom is -0.494 e. The first-order valence-electron chi connectivity index (χ1n) is 12.5. The summed E-state index contributed by atoms with van der Waals surface area (Å²) in [5.41, 5.74) is -0.525. The predicted octanol–water partition coefficient (Wildman–Crippen LogP) is 1.96. The Morgan fingerprint density at radius 1 is 1.13 bits per heavy atom. The van der Waals surface area contributed by atoms with Gasteiger partial charge in [0.15, 0.2) is 17.6 Å². The molecule has 3 saturated heterocycles. The SMILES string of the molecule is COc1ccc([C@H](NC(=O)[C@H]2CCCN2C(=O)[C@H]2CCCN(S(=O)(=O)N3CC(C#N)C3)C2)C(F)(F)F)cc1F. The van der Waals surface area contributed by atoms with Crippen molar-refractivity contribution in [3.63, 3.8) is 0 Å². The number of amides is 2. The van der Waals surface area contributed by atoms with Crippen molar-refractivity contribution in [2.45, 2.75) is 43.9 Å².